The van der Waals surface area contributed by atoms with Gasteiger partial charge in [0.1, 0.15) is 6.33 Å². The van der Waals surface area contributed by atoms with Gasteiger partial charge in [-0.2, -0.15) is 0 Å². The van der Waals surface area contributed by atoms with E-state index in [0.717, 1.165) is 53.1 Å². The third-order valence-corrected chi connectivity index (χ3v) is 9.25. The molecule has 0 saturated carbocycles. The number of thioether (sulfide) groups is 1. The van der Waals surface area contributed by atoms with Crippen LogP contribution in [-0.4, -0.2) is 44.2 Å². The molecule has 1 saturated heterocycles. The molecule has 4 aromatic rings. The Morgan fingerprint density at radius 1 is 1.10 bits per heavy atom. The zero-order valence-corrected chi connectivity index (χ0v) is 25.0. The zero-order chi connectivity index (χ0) is 28.9. The van der Waals surface area contributed by atoms with Crippen molar-refractivity contribution < 1.29 is 0 Å². The summed E-state index contributed by atoms with van der Waals surface area (Å²) in [5.74, 6) is 1.76. The molecular weight excluding hydrogens is 560 g/mol. The summed E-state index contributed by atoms with van der Waals surface area (Å²) >= 11 is 7.36. The second kappa shape index (κ2) is 13.1. The number of likely N-dealkylation sites (tertiary alicyclic amines) is 1. The fraction of sp³-hybridized carbons (Fsp3) is 0.229. The molecule has 0 bridgehead atoms. The van der Waals surface area contributed by atoms with Gasteiger partial charge in [-0.25, -0.2) is 4.98 Å². The Kier molecular flexibility index (Phi) is 8.84. The summed E-state index contributed by atoms with van der Waals surface area (Å²) in [7, 11) is 0. The lowest BCUT2D eigenvalue weighted by Crippen LogP contribution is -2.32. The van der Waals surface area contributed by atoms with Crippen molar-refractivity contribution in [2.45, 2.75) is 30.2 Å². The fourth-order valence-electron chi connectivity index (χ4n) is 5.74. The first kappa shape index (κ1) is 28.4. The lowest BCUT2D eigenvalue weighted by atomic mass is 9.89. The smallest absolute Gasteiger partial charge is 0.272 e. The molecule has 2 aromatic carbocycles. The van der Waals surface area contributed by atoms with Crippen LogP contribution >= 0.6 is 23.4 Å². The van der Waals surface area contributed by atoms with Crippen LogP contribution in [0.1, 0.15) is 35.7 Å². The van der Waals surface area contributed by atoms with Gasteiger partial charge < -0.3 is 0 Å². The largest absolute Gasteiger partial charge is 0.297 e. The zero-order valence-electron chi connectivity index (χ0n) is 23.5. The van der Waals surface area contributed by atoms with Crippen molar-refractivity contribution in [2.24, 2.45) is 0 Å². The van der Waals surface area contributed by atoms with Crippen molar-refractivity contribution in [2.75, 3.05) is 24.7 Å². The minimum Gasteiger partial charge on any atom is -0.297 e. The average molecular weight is 593 g/mol. The second-order valence-electron chi connectivity index (χ2n) is 10.6. The van der Waals surface area contributed by atoms with Gasteiger partial charge in [-0.15, -0.1) is 23.4 Å². The molecule has 5 nitrogen and oxygen atoms in total. The van der Waals surface area contributed by atoms with Crippen molar-refractivity contribution in [3.8, 4) is 5.69 Å². The quantitative estimate of drug-likeness (QED) is 0.156. The van der Waals surface area contributed by atoms with Crippen LogP contribution in [-0.2, 0) is 6.54 Å². The van der Waals surface area contributed by atoms with Crippen LogP contribution in [0.2, 0.25) is 0 Å². The van der Waals surface area contributed by atoms with Crippen LogP contribution in [0.5, 0.6) is 0 Å². The Morgan fingerprint density at radius 2 is 1.93 bits per heavy atom. The predicted octanol–water partition coefficient (Wildman–Crippen LogP) is 7.56. The molecule has 0 unspecified atom stereocenters. The SMILES string of the molecule is C=C/C=C(\C=C/CCl)C1=Cc2ncn(-c3ccc4nc(CN5CCC(c6ccccc6)CC5)ccc4c3)c(=O)c2SC1. The Bertz CT molecular complexity index is 1750. The third-order valence-electron chi connectivity index (χ3n) is 7.95. The third kappa shape index (κ3) is 6.21. The fourth-order valence-corrected chi connectivity index (χ4v) is 6.86. The summed E-state index contributed by atoms with van der Waals surface area (Å²) in [5, 5.41) is 1.00. The molecule has 0 atom stereocenters. The molecule has 6 rings (SSSR count). The van der Waals surface area contributed by atoms with Crippen LogP contribution < -0.4 is 5.56 Å². The van der Waals surface area contributed by atoms with Crippen molar-refractivity contribution in [3.63, 3.8) is 0 Å². The number of aromatic nitrogens is 3. The Balaban J connectivity index is 1.18. The van der Waals surface area contributed by atoms with E-state index >= 15 is 0 Å². The molecule has 212 valence electrons. The maximum Gasteiger partial charge on any atom is 0.272 e. The monoisotopic (exact) mass is 592 g/mol. The first-order valence-corrected chi connectivity index (χ1v) is 15.8. The molecule has 2 aliphatic rings. The van der Waals surface area contributed by atoms with Crippen LogP contribution in [0.4, 0.5) is 0 Å². The molecule has 0 amide bonds. The summed E-state index contributed by atoms with van der Waals surface area (Å²) in [6.07, 6.45) is 13.5. The lowest BCUT2D eigenvalue weighted by molar-refractivity contribution is 0.203. The van der Waals surface area contributed by atoms with Gasteiger partial charge in [0.05, 0.1) is 27.5 Å². The molecule has 0 spiro atoms. The number of halogens is 1. The Hall–Kier alpha value is -3.71. The number of rotatable bonds is 8. The number of fused-ring (bicyclic) bond motifs is 2. The normalized spacial score (nSPS) is 16.5. The minimum atomic E-state index is -0.0614. The molecule has 42 heavy (non-hydrogen) atoms. The van der Waals surface area contributed by atoms with E-state index in [1.807, 2.05) is 42.5 Å². The molecular formula is C35H33ClN4OS. The number of benzene rings is 2. The van der Waals surface area contributed by atoms with Crippen LogP contribution in [0.15, 0.2) is 119 Å². The van der Waals surface area contributed by atoms with Gasteiger partial charge in [0.25, 0.3) is 5.56 Å². The van der Waals surface area contributed by atoms with E-state index in [9.17, 15) is 4.79 Å². The summed E-state index contributed by atoms with van der Waals surface area (Å²) < 4.78 is 1.63. The van der Waals surface area contributed by atoms with Crippen LogP contribution in [0, 0.1) is 0 Å². The number of hydrogen-bond acceptors (Lipinski definition) is 5. The van der Waals surface area contributed by atoms with Crippen LogP contribution in [0.3, 0.4) is 0 Å². The second-order valence-corrected chi connectivity index (χ2v) is 11.9. The molecule has 1 fully saturated rings. The first-order valence-electron chi connectivity index (χ1n) is 14.3. The number of allylic oxidation sites excluding steroid dienone is 5. The number of pyridine rings is 1. The highest BCUT2D eigenvalue weighted by molar-refractivity contribution is 7.99. The van der Waals surface area contributed by atoms with E-state index in [1.165, 1.54) is 30.2 Å². The molecule has 2 aliphatic heterocycles. The average Bonchev–Trinajstić information content (AvgIpc) is 3.03. The standard InChI is InChI=1S/C35H33ClN4OS/c1-2-7-25(10-6-17-36)29-21-33-34(42-23-29)35(41)40(24-37-33)31-13-14-32-28(20-31)11-12-30(38-32)22-39-18-15-27(16-19-39)26-8-4-3-5-9-26/h2-14,20-21,24,27H,1,15-19,22-23H2/b10-6-,25-7+. The van der Waals surface area contributed by atoms with Gasteiger partial charge in [0.2, 0.25) is 0 Å². The highest BCUT2D eigenvalue weighted by atomic mass is 35.5. The van der Waals surface area contributed by atoms with Gasteiger partial charge in [0, 0.05) is 23.6 Å². The highest BCUT2D eigenvalue weighted by Crippen LogP contribution is 2.32. The van der Waals surface area contributed by atoms with Crippen molar-refractivity contribution >= 4 is 40.3 Å². The van der Waals surface area contributed by atoms with E-state index < -0.39 is 0 Å². The number of piperidine rings is 1. The first-order chi connectivity index (χ1) is 20.6. The molecule has 0 aliphatic carbocycles. The van der Waals surface area contributed by atoms with Gasteiger partial charge in [-0.1, -0.05) is 67.3 Å². The maximum absolute atomic E-state index is 13.5. The number of nitrogens with zero attached hydrogens (tertiary/aromatic N) is 4. The van der Waals surface area contributed by atoms with E-state index in [4.69, 9.17) is 16.6 Å². The lowest BCUT2D eigenvalue weighted by Gasteiger charge is -2.32. The summed E-state index contributed by atoms with van der Waals surface area (Å²) in [4.78, 5) is 26.3. The summed E-state index contributed by atoms with van der Waals surface area (Å²) in [6.45, 7) is 6.83. The topological polar surface area (TPSA) is 51.0 Å². The van der Waals surface area contributed by atoms with E-state index in [2.05, 4.69) is 58.9 Å². The van der Waals surface area contributed by atoms with Gasteiger partial charge in [0.15, 0.2) is 0 Å². The highest BCUT2D eigenvalue weighted by Gasteiger charge is 2.21. The van der Waals surface area contributed by atoms with Gasteiger partial charge in [-0.3, -0.25) is 19.2 Å². The molecule has 0 radical (unpaired) electrons. The number of hydrogen-bond donors (Lipinski definition) is 0. The van der Waals surface area contributed by atoms with E-state index in [-0.39, 0.29) is 5.56 Å². The van der Waals surface area contributed by atoms with Crippen LogP contribution in [0.25, 0.3) is 22.7 Å². The van der Waals surface area contributed by atoms with Crippen molar-refractivity contribution in [3.05, 3.63) is 136 Å². The van der Waals surface area contributed by atoms with Gasteiger partial charge >= 0.3 is 0 Å². The van der Waals surface area contributed by atoms with Crippen molar-refractivity contribution in [1.82, 2.24) is 19.4 Å². The predicted molar refractivity (Wildman–Crippen MR) is 176 cm³/mol. The minimum absolute atomic E-state index is 0.0614. The Morgan fingerprint density at radius 3 is 2.71 bits per heavy atom. The molecule has 4 heterocycles. The Labute approximate surface area is 256 Å². The maximum atomic E-state index is 13.5. The van der Waals surface area contributed by atoms with E-state index in [0.29, 0.717) is 28.1 Å². The van der Waals surface area contributed by atoms with Gasteiger partial charge in [-0.05, 0) is 78.9 Å². The molecule has 0 N–H and O–H groups in total. The molecule has 7 heteroatoms. The van der Waals surface area contributed by atoms with E-state index in [1.54, 1.807) is 17.0 Å². The molecule has 2 aromatic heterocycles. The summed E-state index contributed by atoms with van der Waals surface area (Å²) in [5.41, 5.74) is 6.99. The summed E-state index contributed by atoms with van der Waals surface area (Å²) in [6, 6.07) is 21.1. The number of alkyl halides is 1. The van der Waals surface area contributed by atoms with Crippen molar-refractivity contribution in [1.29, 1.82) is 0 Å².